The van der Waals surface area contributed by atoms with E-state index in [9.17, 15) is 61.0 Å². The zero-order valence-corrected chi connectivity index (χ0v) is 23.4. The summed E-state index contributed by atoms with van der Waals surface area (Å²) in [7, 11) is 0. The molecular weight excluding hydrogens is 606 g/mol. The molecule has 0 aromatic rings. The number of rotatable bonds is 9. The Morgan fingerprint density at radius 2 is 1.27 bits per heavy atom. The van der Waals surface area contributed by atoms with Crippen LogP contribution in [0.3, 0.4) is 0 Å². The van der Waals surface area contributed by atoms with Gasteiger partial charge in [-0.1, -0.05) is 0 Å². The third-order valence-electron chi connectivity index (χ3n) is 7.80. The van der Waals surface area contributed by atoms with E-state index in [1.165, 1.54) is 0 Å². The Kier molecular flexibility index (Phi) is 12.2. The summed E-state index contributed by atoms with van der Waals surface area (Å²) >= 11 is 0. The van der Waals surface area contributed by atoms with Crippen molar-refractivity contribution in [1.82, 2.24) is 5.32 Å². The second-order valence-corrected chi connectivity index (χ2v) is 11.0. The number of carbonyl (C=O) groups is 1. The molecule has 4 saturated heterocycles. The molecule has 20 nitrogen and oxygen atoms in total. The predicted octanol–water partition coefficient (Wildman–Crippen LogP) is -8.33. The van der Waals surface area contributed by atoms with E-state index in [0.717, 1.165) is 6.92 Å². The Balaban J connectivity index is 1.54. The SMILES string of the molecule is CC(=O)NC1C(O)OC(COC2OC(CO)C(O)C(O)C2O)C(OC2OCC(O)C(O)C2OC2OCC(O)C(O)C2O)C1O. The molecule has 1 amide bonds. The minimum absolute atomic E-state index is 0.455. The van der Waals surface area contributed by atoms with Gasteiger partial charge in [-0.05, 0) is 0 Å². The van der Waals surface area contributed by atoms with E-state index in [2.05, 4.69) is 5.32 Å². The maximum atomic E-state index is 11.8. The number of aliphatic hydroxyl groups excluding tert-OH is 11. The van der Waals surface area contributed by atoms with Crippen LogP contribution in [0.5, 0.6) is 0 Å². The van der Waals surface area contributed by atoms with Crippen molar-refractivity contribution >= 4 is 5.91 Å². The van der Waals surface area contributed by atoms with Crippen LogP contribution in [-0.4, -0.2) is 199 Å². The first-order valence-corrected chi connectivity index (χ1v) is 13.9. The van der Waals surface area contributed by atoms with Gasteiger partial charge in [-0.2, -0.15) is 0 Å². The molecule has 0 aromatic carbocycles. The molecule has 0 aromatic heterocycles. The predicted molar refractivity (Wildman–Crippen MR) is 133 cm³/mol. The Morgan fingerprint density at radius 1 is 0.682 bits per heavy atom. The lowest BCUT2D eigenvalue weighted by atomic mass is 9.96. The fraction of sp³-hybridized carbons (Fsp3) is 0.958. The van der Waals surface area contributed by atoms with Crippen LogP contribution in [0.15, 0.2) is 0 Å². The van der Waals surface area contributed by atoms with Gasteiger partial charge in [0.25, 0.3) is 0 Å². The van der Waals surface area contributed by atoms with E-state index in [-0.39, 0.29) is 0 Å². The molecule has 4 rings (SSSR count). The largest absolute Gasteiger partial charge is 0.394 e. The molecule has 20 heteroatoms. The van der Waals surface area contributed by atoms with Crippen LogP contribution >= 0.6 is 0 Å². The lowest BCUT2D eigenvalue weighted by Gasteiger charge is -2.47. The normalized spacial score (nSPS) is 50.3. The number of ether oxygens (including phenoxy) is 7. The molecule has 4 fully saturated rings. The van der Waals surface area contributed by atoms with Gasteiger partial charge in [0.2, 0.25) is 5.91 Å². The van der Waals surface area contributed by atoms with Crippen molar-refractivity contribution in [2.24, 2.45) is 0 Å². The van der Waals surface area contributed by atoms with Gasteiger partial charge in [0.15, 0.2) is 25.2 Å². The Morgan fingerprint density at radius 3 is 1.91 bits per heavy atom. The number of hydrogen-bond donors (Lipinski definition) is 12. The molecule has 4 aliphatic heterocycles. The number of aliphatic hydroxyl groups is 11. The highest BCUT2D eigenvalue weighted by atomic mass is 16.8. The summed E-state index contributed by atoms with van der Waals surface area (Å²) in [5, 5.41) is 115. The molecule has 18 unspecified atom stereocenters. The van der Waals surface area contributed by atoms with Gasteiger partial charge in [-0.3, -0.25) is 4.79 Å². The van der Waals surface area contributed by atoms with E-state index in [1.54, 1.807) is 0 Å². The third kappa shape index (κ3) is 7.65. The van der Waals surface area contributed by atoms with Crippen LogP contribution in [0.2, 0.25) is 0 Å². The first kappa shape index (κ1) is 35.6. The second-order valence-electron chi connectivity index (χ2n) is 11.0. The van der Waals surface area contributed by atoms with Crippen molar-refractivity contribution in [2.75, 3.05) is 26.4 Å². The van der Waals surface area contributed by atoms with Gasteiger partial charge < -0.3 is 94.6 Å². The summed E-state index contributed by atoms with van der Waals surface area (Å²) in [4.78, 5) is 11.8. The molecule has 0 aliphatic carbocycles. The van der Waals surface area contributed by atoms with Gasteiger partial charge in [0.1, 0.15) is 85.4 Å². The zero-order valence-electron chi connectivity index (χ0n) is 23.4. The third-order valence-corrected chi connectivity index (χ3v) is 7.80. The topological polar surface area (TPSA) is 316 Å². The molecular formula is C24H41NO19. The maximum absolute atomic E-state index is 11.8. The van der Waals surface area contributed by atoms with Gasteiger partial charge in [0, 0.05) is 6.92 Å². The highest BCUT2D eigenvalue weighted by Crippen LogP contribution is 2.31. The van der Waals surface area contributed by atoms with Crippen LogP contribution in [0.4, 0.5) is 0 Å². The molecule has 0 bridgehead atoms. The number of nitrogens with one attached hydrogen (secondary N) is 1. The Labute approximate surface area is 249 Å². The molecule has 44 heavy (non-hydrogen) atoms. The van der Waals surface area contributed by atoms with E-state index < -0.39 is 143 Å². The van der Waals surface area contributed by atoms with E-state index in [1.807, 2.05) is 0 Å². The molecule has 4 aliphatic rings. The maximum Gasteiger partial charge on any atom is 0.217 e. The lowest BCUT2D eigenvalue weighted by molar-refractivity contribution is -0.368. The first-order chi connectivity index (χ1) is 20.7. The van der Waals surface area contributed by atoms with Gasteiger partial charge in [0.05, 0.1) is 26.4 Å². The first-order valence-electron chi connectivity index (χ1n) is 13.9. The van der Waals surface area contributed by atoms with E-state index in [0.29, 0.717) is 0 Å². The van der Waals surface area contributed by atoms with Crippen molar-refractivity contribution in [3.8, 4) is 0 Å². The summed E-state index contributed by atoms with van der Waals surface area (Å²) in [5.74, 6) is -0.663. The van der Waals surface area contributed by atoms with Crippen LogP contribution in [-0.2, 0) is 38.0 Å². The minimum atomic E-state index is -1.83. The van der Waals surface area contributed by atoms with Crippen LogP contribution in [0.25, 0.3) is 0 Å². The molecule has 256 valence electrons. The molecule has 18 atom stereocenters. The number of amides is 1. The average molecular weight is 648 g/mol. The monoisotopic (exact) mass is 647 g/mol. The Bertz CT molecular complexity index is 932. The standard InChI is InChI=1S/C24H41NO19/c1-6(27)25-11-15(33)19(10(41-21(11)37)5-40-22-18(36)16(34)14(32)9(2-26)42-22)43-24-20(13(31)8(29)4-39-24)44-23-17(35)12(30)7(28)3-38-23/h7-24,26,28-37H,2-5H2,1H3,(H,25,27). The number of hydrogen-bond acceptors (Lipinski definition) is 19. The van der Waals surface area contributed by atoms with Crippen molar-refractivity contribution in [1.29, 1.82) is 0 Å². The average Bonchev–Trinajstić information content (AvgIpc) is 2.98. The van der Waals surface area contributed by atoms with Crippen molar-refractivity contribution in [3.05, 3.63) is 0 Å². The minimum Gasteiger partial charge on any atom is -0.394 e. The quantitative estimate of drug-likeness (QED) is 0.110. The summed E-state index contributed by atoms with van der Waals surface area (Å²) in [6, 6.07) is -1.47. The fourth-order valence-electron chi connectivity index (χ4n) is 5.26. The summed E-state index contributed by atoms with van der Waals surface area (Å²) in [6.07, 6.45) is -28.0. The summed E-state index contributed by atoms with van der Waals surface area (Å²) in [6.45, 7) is -1.24. The highest BCUT2D eigenvalue weighted by Gasteiger charge is 2.52. The van der Waals surface area contributed by atoms with E-state index >= 15 is 0 Å². The fourth-order valence-corrected chi connectivity index (χ4v) is 5.26. The lowest BCUT2D eigenvalue weighted by Crippen LogP contribution is -2.67. The highest BCUT2D eigenvalue weighted by molar-refractivity contribution is 5.73. The van der Waals surface area contributed by atoms with Crippen molar-refractivity contribution < 1.29 is 94.1 Å². The summed E-state index contributed by atoms with van der Waals surface area (Å²) in [5.41, 5.74) is 0. The van der Waals surface area contributed by atoms with Gasteiger partial charge in [-0.25, -0.2) is 0 Å². The van der Waals surface area contributed by atoms with Gasteiger partial charge in [-0.15, -0.1) is 0 Å². The summed E-state index contributed by atoms with van der Waals surface area (Å²) < 4.78 is 38.5. The molecule has 4 heterocycles. The smallest absolute Gasteiger partial charge is 0.217 e. The zero-order chi connectivity index (χ0) is 32.5. The molecule has 0 saturated carbocycles. The second kappa shape index (κ2) is 15.1. The van der Waals surface area contributed by atoms with Crippen molar-refractivity contribution in [2.45, 2.75) is 117 Å². The van der Waals surface area contributed by atoms with Gasteiger partial charge >= 0.3 is 0 Å². The van der Waals surface area contributed by atoms with Crippen LogP contribution < -0.4 is 5.32 Å². The number of carbonyl (C=O) groups excluding carboxylic acids is 1. The van der Waals surface area contributed by atoms with Crippen molar-refractivity contribution in [3.63, 3.8) is 0 Å². The molecule has 12 N–H and O–H groups in total. The molecule has 0 spiro atoms. The van der Waals surface area contributed by atoms with Crippen LogP contribution in [0, 0.1) is 0 Å². The van der Waals surface area contributed by atoms with E-state index in [4.69, 9.17) is 33.2 Å². The molecule has 0 radical (unpaired) electrons. The van der Waals surface area contributed by atoms with Crippen LogP contribution in [0.1, 0.15) is 6.92 Å². The Hall–Kier alpha value is -1.25.